The predicted octanol–water partition coefficient (Wildman–Crippen LogP) is 6.28. The van der Waals surface area contributed by atoms with E-state index in [2.05, 4.69) is 5.32 Å². The zero-order chi connectivity index (χ0) is 30.5. The molecule has 0 saturated heterocycles. The maximum absolute atomic E-state index is 13.5. The maximum Gasteiger partial charge on any atom is 0.416 e. The largest absolute Gasteiger partial charge is 0.416 e. The van der Waals surface area contributed by atoms with Gasteiger partial charge in [-0.3, -0.25) is 13.9 Å². The smallest absolute Gasteiger partial charge is 0.350 e. The summed E-state index contributed by atoms with van der Waals surface area (Å²) in [5.74, 6) is -0.849. The Morgan fingerprint density at radius 1 is 1.02 bits per heavy atom. The molecule has 0 aromatic heterocycles. The van der Waals surface area contributed by atoms with Gasteiger partial charge in [-0.2, -0.15) is 13.2 Å². The van der Waals surface area contributed by atoms with Gasteiger partial charge in [-0.05, 0) is 63.9 Å². The van der Waals surface area contributed by atoms with Gasteiger partial charge in [0.1, 0.15) is 6.04 Å². The molecule has 2 amide bonds. The van der Waals surface area contributed by atoms with Crippen LogP contribution in [0, 0.1) is 0 Å². The summed E-state index contributed by atoms with van der Waals surface area (Å²) >= 11 is 12.7. The molecule has 7 nitrogen and oxygen atoms in total. The molecule has 2 aromatic rings. The van der Waals surface area contributed by atoms with Crippen molar-refractivity contribution in [3.05, 3.63) is 63.6 Å². The number of hydrogen-bond acceptors (Lipinski definition) is 4. The topological polar surface area (TPSA) is 86.8 Å². The highest BCUT2D eigenvalue weighted by Crippen LogP contribution is 2.32. The zero-order valence-electron chi connectivity index (χ0n) is 23.0. The lowest BCUT2D eigenvalue weighted by Crippen LogP contribution is -2.53. The molecule has 0 radical (unpaired) electrons. The fourth-order valence-electron chi connectivity index (χ4n) is 4.07. The van der Waals surface area contributed by atoms with E-state index in [1.54, 1.807) is 25.1 Å². The van der Waals surface area contributed by atoms with Gasteiger partial charge < -0.3 is 10.2 Å². The minimum Gasteiger partial charge on any atom is -0.350 e. The third kappa shape index (κ3) is 9.55. The maximum atomic E-state index is 13.5. The molecule has 13 heteroatoms. The zero-order valence-corrected chi connectivity index (χ0v) is 25.3. The molecule has 0 bridgehead atoms. The van der Waals surface area contributed by atoms with Gasteiger partial charge in [-0.1, -0.05) is 42.3 Å². The molecule has 2 rings (SSSR count). The SMILES string of the molecule is CC[C@H](C(=O)NC(C)(C)C)N(Cc1c(Cl)cccc1Cl)C(=O)CCCN(c1cccc(C(F)(F)F)c1)S(C)(=O)=O. The summed E-state index contributed by atoms with van der Waals surface area (Å²) in [5.41, 5.74) is -1.28. The summed E-state index contributed by atoms with van der Waals surface area (Å²) in [6.45, 7) is 6.85. The van der Waals surface area contributed by atoms with E-state index < -0.39 is 39.3 Å². The number of hydrogen-bond donors (Lipinski definition) is 1. The number of sulfonamides is 1. The van der Waals surface area contributed by atoms with Gasteiger partial charge in [0.05, 0.1) is 17.5 Å². The third-order valence-electron chi connectivity index (χ3n) is 5.89. The minimum absolute atomic E-state index is 0.0216. The van der Waals surface area contributed by atoms with Crippen LogP contribution in [-0.4, -0.2) is 49.5 Å². The molecule has 0 spiro atoms. The van der Waals surface area contributed by atoms with Crippen LogP contribution in [0.2, 0.25) is 10.0 Å². The number of benzene rings is 2. The molecule has 0 heterocycles. The average Bonchev–Trinajstić information content (AvgIpc) is 2.81. The average molecular weight is 625 g/mol. The van der Waals surface area contributed by atoms with Gasteiger partial charge in [-0.25, -0.2) is 8.42 Å². The van der Waals surface area contributed by atoms with Crippen molar-refractivity contribution >= 4 is 50.7 Å². The lowest BCUT2D eigenvalue weighted by atomic mass is 10.0. The van der Waals surface area contributed by atoms with E-state index in [0.29, 0.717) is 15.6 Å². The number of alkyl halides is 3. The molecule has 0 aliphatic heterocycles. The summed E-state index contributed by atoms with van der Waals surface area (Å²) in [5, 5.41) is 3.49. The highest BCUT2D eigenvalue weighted by molar-refractivity contribution is 7.92. The molecule has 0 aliphatic carbocycles. The summed E-state index contributed by atoms with van der Waals surface area (Å²) in [4.78, 5) is 28.0. The number of anilines is 1. The highest BCUT2D eigenvalue weighted by Gasteiger charge is 2.33. The van der Waals surface area contributed by atoms with Crippen LogP contribution in [0.25, 0.3) is 0 Å². The van der Waals surface area contributed by atoms with E-state index in [1.165, 1.54) is 11.0 Å². The number of nitrogens with zero attached hydrogens (tertiary/aromatic N) is 2. The highest BCUT2D eigenvalue weighted by atomic mass is 35.5. The van der Waals surface area contributed by atoms with Crippen molar-refractivity contribution in [3.63, 3.8) is 0 Å². The normalized spacial score (nSPS) is 13.1. The standard InChI is InChI=1S/C27H34Cl2F3N3O4S/c1-6-23(25(37)33-26(2,3)4)34(17-20-21(28)12-8-13-22(20)29)24(36)14-9-15-35(40(5,38)39)19-11-7-10-18(16-19)27(30,31)32/h7-8,10-13,16,23H,6,9,14-15,17H2,1-5H3,(H,33,37)/t23-/m1/s1. The molecule has 1 atom stereocenters. The van der Waals surface area contributed by atoms with Crippen molar-refractivity contribution in [2.45, 2.75) is 71.3 Å². The number of carbonyl (C=O) groups is 2. The van der Waals surface area contributed by atoms with Crippen LogP contribution in [-0.2, 0) is 32.3 Å². The van der Waals surface area contributed by atoms with Crippen LogP contribution >= 0.6 is 23.2 Å². The monoisotopic (exact) mass is 623 g/mol. The van der Waals surface area contributed by atoms with Gasteiger partial charge in [-0.15, -0.1) is 0 Å². The van der Waals surface area contributed by atoms with Crippen LogP contribution in [0.5, 0.6) is 0 Å². The van der Waals surface area contributed by atoms with E-state index in [0.717, 1.165) is 28.8 Å². The Kier molecular flexibility index (Phi) is 11.3. The minimum atomic E-state index is -4.65. The molecule has 40 heavy (non-hydrogen) atoms. The fourth-order valence-corrected chi connectivity index (χ4v) is 5.54. The molecule has 222 valence electrons. The Morgan fingerprint density at radius 3 is 2.10 bits per heavy atom. The van der Waals surface area contributed by atoms with Gasteiger partial charge in [0, 0.05) is 40.7 Å². The van der Waals surface area contributed by atoms with E-state index in [1.807, 2.05) is 20.8 Å². The first-order valence-electron chi connectivity index (χ1n) is 12.5. The molecular weight excluding hydrogens is 590 g/mol. The number of carbonyl (C=O) groups excluding carboxylic acids is 2. The molecule has 0 saturated carbocycles. The van der Waals surface area contributed by atoms with Crippen molar-refractivity contribution in [1.29, 1.82) is 0 Å². The Hall–Kier alpha value is -2.50. The summed E-state index contributed by atoms with van der Waals surface area (Å²) in [6.07, 6.45) is -3.71. The summed E-state index contributed by atoms with van der Waals surface area (Å²) < 4.78 is 65.4. The first kappa shape index (κ1) is 33.7. The van der Waals surface area contributed by atoms with Crippen LogP contribution in [0.3, 0.4) is 0 Å². The lowest BCUT2D eigenvalue weighted by molar-refractivity contribution is -0.142. The van der Waals surface area contributed by atoms with E-state index in [-0.39, 0.29) is 43.9 Å². The van der Waals surface area contributed by atoms with E-state index in [4.69, 9.17) is 23.2 Å². The number of amides is 2. The second kappa shape index (κ2) is 13.4. The summed E-state index contributed by atoms with van der Waals surface area (Å²) in [6, 6.07) is 7.97. The Bertz CT molecular complexity index is 1290. The van der Waals surface area contributed by atoms with Crippen LogP contribution in [0.15, 0.2) is 42.5 Å². The van der Waals surface area contributed by atoms with Gasteiger partial charge >= 0.3 is 6.18 Å². The van der Waals surface area contributed by atoms with Crippen molar-refractivity contribution in [1.82, 2.24) is 10.2 Å². The second-order valence-electron chi connectivity index (χ2n) is 10.4. The number of nitrogens with one attached hydrogen (secondary N) is 1. The molecule has 2 aromatic carbocycles. The van der Waals surface area contributed by atoms with Crippen LogP contribution < -0.4 is 9.62 Å². The van der Waals surface area contributed by atoms with Crippen LogP contribution in [0.4, 0.5) is 18.9 Å². The van der Waals surface area contributed by atoms with E-state index in [9.17, 15) is 31.2 Å². The van der Waals surface area contributed by atoms with Crippen molar-refractivity contribution in [2.24, 2.45) is 0 Å². The van der Waals surface area contributed by atoms with Crippen molar-refractivity contribution in [3.8, 4) is 0 Å². The molecule has 0 unspecified atom stereocenters. The molecule has 1 N–H and O–H groups in total. The Morgan fingerprint density at radius 2 is 1.60 bits per heavy atom. The van der Waals surface area contributed by atoms with Crippen molar-refractivity contribution in [2.75, 3.05) is 17.1 Å². The molecule has 0 fully saturated rings. The van der Waals surface area contributed by atoms with Gasteiger partial charge in [0.25, 0.3) is 0 Å². The number of halogens is 5. The van der Waals surface area contributed by atoms with Gasteiger partial charge in [0.15, 0.2) is 0 Å². The molecular formula is C27H34Cl2F3N3O4S. The second-order valence-corrected chi connectivity index (χ2v) is 13.1. The van der Waals surface area contributed by atoms with Gasteiger partial charge in [0.2, 0.25) is 21.8 Å². The van der Waals surface area contributed by atoms with Crippen molar-refractivity contribution < 1.29 is 31.2 Å². The quantitative estimate of drug-likeness (QED) is 0.319. The first-order chi connectivity index (χ1) is 18.3. The number of rotatable bonds is 11. The van der Waals surface area contributed by atoms with E-state index >= 15 is 0 Å². The third-order valence-corrected chi connectivity index (χ3v) is 7.79. The Balaban J connectivity index is 2.33. The predicted molar refractivity (Wildman–Crippen MR) is 152 cm³/mol. The lowest BCUT2D eigenvalue weighted by Gasteiger charge is -2.33. The Labute approximate surface area is 243 Å². The van der Waals surface area contributed by atoms with Crippen LogP contribution in [0.1, 0.15) is 58.1 Å². The fraction of sp³-hybridized carbons (Fsp3) is 0.481. The first-order valence-corrected chi connectivity index (χ1v) is 15.1. The summed E-state index contributed by atoms with van der Waals surface area (Å²) in [7, 11) is -3.97. The molecule has 0 aliphatic rings.